The van der Waals surface area contributed by atoms with E-state index < -0.39 is 28.5 Å². The fourth-order valence-corrected chi connectivity index (χ4v) is 6.62. The maximum atomic E-state index is 14.6. The van der Waals surface area contributed by atoms with E-state index in [4.69, 9.17) is 16.3 Å². The lowest BCUT2D eigenvalue weighted by Gasteiger charge is -2.34. The number of methoxy groups -OCH3 is 1. The SMILES string of the molecule is CCCNC(=O)[C@H](Cc1ccccc1)N(Cc1cccc(C)c1)C(=O)CN(c1cc(Cl)ccc1OC)S(=O)(=O)c1ccccc1. The standard InChI is InChI=1S/C35H38ClN3O5S/c1-4-20-37-35(41)32(22-27-13-7-5-8-14-27)38(24-28-15-11-12-26(2)21-28)34(40)25-39(31-23-29(36)18-19-33(31)44-3)45(42,43)30-16-9-6-10-17-30/h5-19,21,23,32H,4,20,22,24-25H2,1-3H3,(H,37,41)/t32-/m0/s1. The van der Waals surface area contributed by atoms with E-state index in [1.165, 1.54) is 30.2 Å². The number of amides is 2. The first-order valence-electron chi connectivity index (χ1n) is 14.7. The van der Waals surface area contributed by atoms with Gasteiger partial charge in [0.2, 0.25) is 11.8 Å². The Morgan fingerprint density at radius 2 is 1.56 bits per heavy atom. The van der Waals surface area contributed by atoms with Gasteiger partial charge in [0.1, 0.15) is 18.3 Å². The van der Waals surface area contributed by atoms with E-state index in [0.717, 1.165) is 21.0 Å². The van der Waals surface area contributed by atoms with Crippen LogP contribution in [0.3, 0.4) is 0 Å². The summed E-state index contributed by atoms with van der Waals surface area (Å²) >= 11 is 6.34. The van der Waals surface area contributed by atoms with Crippen molar-refractivity contribution >= 4 is 39.1 Å². The number of anilines is 1. The van der Waals surface area contributed by atoms with Crippen molar-refractivity contribution in [3.8, 4) is 5.75 Å². The number of hydrogen-bond donors (Lipinski definition) is 1. The van der Waals surface area contributed by atoms with Crippen LogP contribution in [-0.4, -0.2) is 51.4 Å². The second kappa shape index (κ2) is 15.6. The molecule has 0 fully saturated rings. The number of ether oxygens (including phenoxy) is 1. The lowest BCUT2D eigenvalue weighted by molar-refractivity contribution is -0.140. The molecule has 10 heteroatoms. The van der Waals surface area contributed by atoms with E-state index in [1.54, 1.807) is 30.3 Å². The monoisotopic (exact) mass is 647 g/mol. The Morgan fingerprint density at radius 1 is 0.889 bits per heavy atom. The molecule has 0 radical (unpaired) electrons. The third-order valence-electron chi connectivity index (χ3n) is 7.28. The number of halogens is 1. The lowest BCUT2D eigenvalue weighted by atomic mass is 10.0. The molecule has 1 atom stereocenters. The Morgan fingerprint density at radius 3 is 2.20 bits per heavy atom. The van der Waals surface area contributed by atoms with Crippen LogP contribution in [0.15, 0.2) is 108 Å². The molecule has 0 aliphatic heterocycles. The summed E-state index contributed by atoms with van der Waals surface area (Å²) in [4.78, 5) is 29.8. The van der Waals surface area contributed by atoms with Gasteiger partial charge in [-0.25, -0.2) is 8.42 Å². The molecule has 0 aromatic heterocycles. The van der Waals surface area contributed by atoms with E-state index in [0.29, 0.717) is 13.0 Å². The predicted octanol–water partition coefficient (Wildman–Crippen LogP) is 6.02. The number of benzene rings is 4. The van der Waals surface area contributed by atoms with Gasteiger partial charge in [-0.15, -0.1) is 0 Å². The number of sulfonamides is 1. The minimum Gasteiger partial charge on any atom is -0.495 e. The van der Waals surface area contributed by atoms with E-state index in [1.807, 2.05) is 68.4 Å². The number of aryl methyl sites for hydroxylation is 1. The Hall–Kier alpha value is -4.34. The molecular weight excluding hydrogens is 610 g/mol. The van der Waals surface area contributed by atoms with Crippen LogP contribution >= 0.6 is 11.6 Å². The van der Waals surface area contributed by atoms with Crippen LogP contribution in [0.1, 0.15) is 30.0 Å². The van der Waals surface area contributed by atoms with Gasteiger partial charge in [-0.05, 0) is 54.8 Å². The van der Waals surface area contributed by atoms with Crippen molar-refractivity contribution in [3.05, 3.63) is 125 Å². The van der Waals surface area contributed by atoms with Crippen LogP contribution in [0.4, 0.5) is 5.69 Å². The Kier molecular flexibility index (Phi) is 11.6. The molecule has 2 amide bonds. The van der Waals surface area contributed by atoms with Gasteiger partial charge in [-0.3, -0.25) is 13.9 Å². The molecule has 0 saturated carbocycles. The Bertz CT molecular complexity index is 1700. The molecule has 0 unspecified atom stereocenters. The fraction of sp³-hybridized carbons (Fsp3) is 0.257. The fourth-order valence-electron chi connectivity index (χ4n) is 5.02. The smallest absolute Gasteiger partial charge is 0.264 e. The van der Waals surface area contributed by atoms with E-state index >= 15 is 0 Å². The Labute approximate surface area is 270 Å². The van der Waals surface area contributed by atoms with Crippen molar-refractivity contribution < 1.29 is 22.7 Å². The molecule has 236 valence electrons. The van der Waals surface area contributed by atoms with Crippen LogP contribution in [0, 0.1) is 6.92 Å². The van der Waals surface area contributed by atoms with Gasteiger partial charge in [0.15, 0.2) is 0 Å². The number of rotatable bonds is 14. The summed E-state index contributed by atoms with van der Waals surface area (Å²) in [6.45, 7) is 3.82. The van der Waals surface area contributed by atoms with Gasteiger partial charge < -0.3 is 15.0 Å². The lowest BCUT2D eigenvalue weighted by Crippen LogP contribution is -2.53. The normalized spacial score (nSPS) is 11.8. The highest BCUT2D eigenvalue weighted by Crippen LogP contribution is 2.35. The van der Waals surface area contributed by atoms with Crippen molar-refractivity contribution in [2.24, 2.45) is 0 Å². The summed E-state index contributed by atoms with van der Waals surface area (Å²) in [5, 5.41) is 3.22. The zero-order valence-electron chi connectivity index (χ0n) is 25.6. The van der Waals surface area contributed by atoms with E-state index in [2.05, 4.69) is 5.32 Å². The largest absolute Gasteiger partial charge is 0.495 e. The average Bonchev–Trinajstić information content (AvgIpc) is 3.04. The second-order valence-corrected chi connectivity index (χ2v) is 12.9. The first kappa shape index (κ1) is 33.6. The molecule has 45 heavy (non-hydrogen) atoms. The number of carbonyl (C=O) groups is 2. The topological polar surface area (TPSA) is 96.0 Å². The summed E-state index contributed by atoms with van der Waals surface area (Å²) in [5.41, 5.74) is 2.77. The molecule has 0 aliphatic carbocycles. The maximum absolute atomic E-state index is 14.6. The number of nitrogens with one attached hydrogen (secondary N) is 1. The van der Waals surface area contributed by atoms with E-state index in [9.17, 15) is 18.0 Å². The van der Waals surface area contributed by atoms with Crippen LogP contribution in [0.2, 0.25) is 5.02 Å². The summed E-state index contributed by atoms with van der Waals surface area (Å²) in [7, 11) is -2.87. The summed E-state index contributed by atoms with van der Waals surface area (Å²) in [5.74, 6) is -0.663. The van der Waals surface area contributed by atoms with E-state index in [-0.39, 0.29) is 40.2 Å². The van der Waals surface area contributed by atoms with Gasteiger partial charge in [-0.1, -0.05) is 96.9 Å². The van der Waals surface area contributed by atoms with Crippen molar-refractivity contribution in [1.29, 1.82) is 0 Å². The van der Waals surface area contributed by atoms with Crippen molar-refractivity contribution in [2.75, 3.05) is 24.5 Å². The van der Waals surface area contributed by atoms with Gasteiger partial charge >= 0.3 is 0 Å². The highest BCUT2D eigenvalue weighted by atomic mass is 35.5. The minimum absolute atomic E-state index is 0.00779. The first-order valence-corrected chi connectivity index (χ1v) is 16.5. The number of carbonyl (C=O) groups excluding carboxylic acids is 2. The number of nitrogens with zero attached hydrogens (tertiary/aromatic N) is 2. The van der Waals surface area contributed by atoms with Crippen LogP contribution in [0.5, 0.6) is 5.75 Å². The Balaban J connectivity index is 1.84. The van der Waals surface area contributed by atoms with Crippen molar-refractivity contribution in [1.82, 2.24) is 10.2 Å². The third-order valence-corrected chi connectivity index (χ3v) is 9.28. The average molecular weight is 648 g/mol. The molecule has 0 bridgehead atoms. The van der Waals surface area contributed by atoms with Gasteiger partial charge in [0, 0.05) is 24.5 Å². The molecule has 0 spiro atoms. The maximum Gasteiger partial charge on any atom is 0.264 e. The van der Waals surface area contributed by atoms with Gasteiger partial charge in [-0.2, -0.15) is 0 Å². The zero-order valence-corrected chi connectivity index (χ0v) is 27.2. The quantitative estimate of drug-likeness (QED) is 0.181. The summed E-state index contributed by atoms with van der Waals surface area (Å²) in [6.07, 6.45) is 0.952. The summed E-state index contributed by atoms with van der Waals surface area (Å²) < 4.78 is 34.9. The van der Waals surface area contributed by atoms with Crippen molar-refractivity contribution in [3.63, 3.8) is 0 Å². The predicted molar refractivity (Wildman–Crippen MR) is 178 cm³/mol. The number of hydrogen-bond acceptors (Lipinski definition) is 5. The molecule has 4 rings (SSSR count). The van der Waals surface area contributed by atoms with Crippen LogP contribution < -0.4 is 14.4 Å². The molecule has 4 aromatic rings. The molecule has 8 nitrogen and oxygen atoms in total. The van der Waals surface area contributed by atoms with Crippen molar-refractivity contribution in [2.45, 2.75) is 44.2 Å². The molecule has 4 aromatic carbocycles. The third kappa shape index (κ3) is 8.65. The van der Waals surface area contributed by atoms with Gasteiger partial charge in [0.25, 0.3) is 10.0 Å². The molecule has 0 saturated heterocycles. The molecule has 0 aliphatic rings. The van der Waals surface area contributed by atoms with Crippen LogP contribution in [0.25, 0.3) is 0 Å². The highest BCUT2D eigenvalue weighted by Gasteiger charge is 2.35. The minimum atomic E-state index is -4.28. The molecule has 0 heterocycles. The summed E-state index contributed by atoms with van der Waals surface area (Å²) in [6, 6.07) is 28.6. The van der Waals surface area contributed by atoms with Gasteiger partial charge in [0.05, 0.1) is 17.7 Å². The highest BCUT2D eigenvalue weighted by molar-refractivity contribution is 7.92. The molecular formula is C35H38ClN3O5S. The first-order chi connectivity index (χ1) is 21.6. The zero-order chi connectivity index (χ0) is 32.4. The molecule has 1 N–H and O–H groups in total. The second-order valence-electron chi connectivity index (χ2n) is 10.6. The van der Waals surface area contributed by atoms with Crippen LogP contribution in [-0.2, 0) is 32.6 Å².